The largest absolute Gasteiger partial charge is 0.496 e. The molecule has 5 atom stereocenters. The van der Waals surface area contributed by atoms with Crippen LogP contribution in [0.4, 0.5) is 4.79 Å². The van der Waals surface area contributed by atoms with Crippen molar-refractivity contribution in [1.82, 2.24) is 25.2 Å². The SMILES string of the molecule is C=C[C@@H]1C[C@]1(NC(=O)[C@@H]1C[C@@H]2CN1C(=O)[C@H](C(C)(C)C)NC(=O)OCCCCCc1cc3c(cc(-c4ccccc4)nc3cc1OC)O2)C(=O)NS(=O)(=O)C1CC1. The number of methoxy groups -OCH3 is 1. The molecule has 1 saturated heterocycles. The van der Waals surface area contributed by atoms with Crippen LogP contribution in [0.2, 0.25) is 0 Å². The molecule has 3 heterocycles. The van der Waals surface area contributed by atoms with Crippen molar-refractivity contribution in [2.75, 3.05) is 20.3 Å². The molecule has 2 saturated carbocycles. The van der Waals surface area contributed by atoms with E-state index in [0.717, 1.165) is 29.4 Å². The van der Waals surface area contributed by atoms with Crippen molar-refractivity contribution in [1.29, 1.82) is 0 Å². The Kier molecular flexibility index (Phi) is 11.0. The molecule has 304 valence electrons. The predicted octanol–water partition coefficient (Wildman–Crippen LogP) is 4.80. The van der Waals surface area contributed by atoms with E-state index in [1.807, 2.05) is 48.5 Å². The number of hydrogen-bond donors (Lipinski definition) is 3. The summed E-state index contributed by atoms with van der Waals surface area (Å²) in [7, 11) is -2.29. The quantitative estimate of drug-likeness (QED) is 0.268. The molecule has 4 aliphatic rings. The van der Waals surface area contributed by atoms with Crippen LogP contribution < -0.4 is 24.8 Å². The number of rotatable bonds is 8. The Morgan fingerprint density at radius 3 is 2.51 bits per heavy atom. The highest BCUT2D eigenvalue weighted by atomic mass is 32.2. The van der Waals surface area contributed by atoms with E-state index in [2.05, 4.69) is 21.9 Å². The van der Waals surface area contributed by atoms with Gasteiger partial charge >= 0.3 is 6.09 Å². The number of fused-ring (bicyclic) bond motifs is 3. The molecule has 4 amide bonds. The topological polar surface area (TPSA) is 182 Å². The van der Waals surface area contributed by atoms with Gasteiger partial charge in [-0.1, -0.05) is 57.2 Å². The van der Waals surface area contributed by atoms with E-state index >= 15 is 0 Å². The minimum absolute atomic E-state index is 0.0310. The van der Waals surface area contributed by atoms with Gasteiger partial charge in [-0.15, -0.1) is 6.58 Å². The Balaban J connectivity index is 1.28. The van der Waals surface area contributed by atoms with Crippen LogP contribution in [0.3, 0.4) is 0 Å². The molecule has 2 aromatic carbocycles. The molecule has 7 rings (SSSR count). The fourth-order valence-corrected chi connectivity index (χ4v) is 9.18. The fourth-order valence-electron chi connectivity index (χ4n) is 7.81. The fraction of sp³-hybridized carbons (Fsp3) is 0.500. The number of hydrogen-bond acceptors (Lipinski definition) is 10. The third-order valence-electron chi connectivity index (χ3n) is 11.3. The number of aromatic nitrogens is 1. The van der Waals surface area contributed by atoms with E-state index in [1.54, 1.807) is 27.9 Å². The summed E-state index contributed by atoms with van der Waals surface area (Å²) >= 11 is 0. The zero-order valence-corrected chi connectivity index (χ0v) is 33.7. The monoisotopic (exact) mass is 801 g/mol. The summed E-state index contributed by atoms with van der Waals surface area (Å²) in [5, 5.41) is 5.68. The van der Waals surface area contributed by atoms with Gasteiger partial charge in [0.2, 0.25) is 21.8 Å². The maximum absolute atomic E-state index is 14.7. The van der Waals surface area contributed by atoms with Gasteiger partial charge in [0, 0.05) is 35.4 Å². The van der Waals surface area contributed by atoms with E-state index in [1.165, 1.54) is 11.0 Å². The molecule has 1 aromatic heterocycles. The first-order chi connectivity index (χ1) is 27.1. The molecule has 3 N–H and O–H groups in total. The van der Waals surface area contributed by atoms with Crippen molar-refractivity contribution < 1.29 is 41.8 Å². The molecule has 0 radical (unpaired) electrons. The van der Waals surface area contributed by atoms with E-state index < -0.39 is 74.1 Å². The van der Waals surface area contributed by atoms with Crippen LogP contribution in [-0.2, 0) is 35.6 Å². The molecule has 0 unspecified atom stereocenters. The van der Waals surface area contributed by atoms with Crippen LogP contribution >= 0.6 is 0 Å². The Morgan fingerprint density at radius 1 is 1.09 bits per heavy atom. The molecular formula is C42H51N5O9S. The molecule has 4 bridgehead atoms. The predicted molar refractivity (Wildman–Crippen MR) is 213 cm³/mol. The van der Waals surface area contributed by atoms with Gasteiger partial charge in [-0.2, -0.15) is 0 Å². The van der Waals surface area contributed by atoms with E-state index in [0.29, 0.717) is 48.4 Å². The zero-order chi connectivity index (χ0) is 40.7. The average Bonchev–Trinajstić information content (AvgIpc) is 4.11. The molecule has 3 fully saturated rings. The van der Waals surface area contributed by atoms with Gasteiger partial charge in [0.05, 0.1) is 36.7 Å². The Labute approximate surface area is 333 Å². The van der Waals surface area contributed by atoms with Crippen LogP contribution in [0, 0.1) is 11.3 Å². The Bertz CT molecular complexity index is 2190. The standard InChI is InChI=1S/C42H51N5O9S/c1-6-27-23-42(27,39(50)46-57(52,53)29-16-17-29)45-37(48)33-20-28-24-47(33)38(49)36(41(2,3)4)44-40(51)55-18-12-8-11-15-26-19-30-32(22-34(26)54-5)43-31(21-35(30)56-28)25-13-9-7-10-14-25/h6-7,9-10,13-14,19,21-22,27-29,33,36H,1,8,11-12,15-18,20,23-24H2,2-5H3,(H,44,51)(H,45,48)(H,46,50)/t27-,28-,33+,36-,42-/m1/s1. The molecule has 2 aliphatic heterocycles. The van der Waals surface area contributed by atoms with Gasteiger partial charge in [-0.25, -0.2) is 18.2 Å². The minimum Gasteiger partial charge on any atom is -0.496 e. The minimum atomic E-state index is -3.91. The van der Waals surface area contributed by atoms with Crippen molar-refractivity contribution in [3.8, 4) is 22.8 Å². The number of nitrogens with one attached hydrogen (secondary N) is 3. The summed E-state index contributed by atoms with van der Waals surface area (Å²) in [5.41, 5.74) is 0.745. The van der Waals surface area contributed by atoms with Gasteiger partial charge in [-0.05, 0) is 62.0 Å². The number of ether oxygens (including phenoxy) is 3. The summed E-state index contributed by atoms with van der Waals surface area (Å²) in [4.78, 5) is 62.3. The zero-order valence-electron chi connectivity index (χ0n) is 32.8. The highest BCUT2D eigenvalue weighted by Crippen LogP contribution is 2.46. The number of nitrogens with zero attached hydrogens (tertiary/aromatic N) is 2. The number of amides is 4. The van der Waals surface area contributed by atoms with Gasteiger partial charge in [0.25, 0.3) is 5.91 Å². The molecule has 0 spiro atoms. The second-order valence-electron chi connectivity index (χ2n) is 16.6. The molecule has 57 heavy (non-hydrogen) atoms. The van der Waals surface area contributed by atoms with Gasteiger partial charge in [0.15, 0.2) is 0 Å². The number of carbonyl (C=O) groups excluding carboxylic acids is 4. The lowest BCUT2D eigenvalue weighted by Gasteiger charge is -2.35. The summed E-state index contributed by atoms with van der Waals surface area (Å²) in [6.07, 6.45) is 4.00. The molecule has 2 aliphatic carbocycles. The lowest BCUT2D eigenvalue weighted by molar-refractivity contribution is -0.142. The van der Waals surface area contributed by atoms with Crippen molar-refractivity contribution in [2.24, 2.45) is 11.3 Å². The lowest BCUT2D eigenvalue weighted by atomic mass is 9.85. The number of pyridine rings is 1. The molecule has 3 aromatic rings. The van der Waals surface area contributed by atoms with E-state index in [4.69, 9.17) is 19.2 Å². The first-order valence-corrected chi connectivity index (χ1v) is 21.2. The van der Waals surface area contributed by atoms with Crippen LogP contribution in [0.1, 0.15) is 71.3 Å². The van der Waals surface area contributed by atoms with E-state index in [9.17, 15) is 27.6 Å². The highest BCUT2D eigenvalue weighted by Gasteiger charge is 2.62. The van der Waals surface area contributed by atoms with Crippen LogP contribution in [0.25, 0.3) is 22.2 Å². The van der Waals surface area contributed by atoms with Crippen LogP contribution in [0.5, 0.6) is 11.5 Å². The normalized spacial score (nSPS) is 25.6. The van der Waals surface area contributed by atoms with Crippen molar-refractivity contribution in [3.05, 3.63) is 66.7 Å². The number of sulfonamides is 1. The number of benzene rings is 2. The molecule has 14 nitrogen and oxygen atoms in total. The van der Waals surface area contributed by atoms with Crippen molar-refractivity contribution in [2.45, 2.75) is 101 Å². The third-order valence-corrected chi connectivity index (χ3v) is 13.2. The molecular weight excluding hydrogens is 751 g/mol. The summed E-state index contributed by atoms with van der Waals surface area (Å²) in [5.74, 6) is -1.37. The van der Waals surface area contributed by atoms with Crippen LogP contribution in [-0.4, -0.2) is 91.4 Å². The summed E-state index contributed by atoms with van der Waals surface area (Å²) in [6, 6.07) is 13.2. The maximum atomic E-state index is 14.7. The average molecular weight is 802 g/mol. The molecule has 15 heteroatoms. The second kappa shape index (κ2) is 15.6. The van der Waals surface area contributed by atoms with Gasteiger partial charge < -0.3 is 29.7 Å². The number of aryl methyl sites for hydroxylation is 1. The third kappa shape index (κ3) is 8.44. The first kappa shape index (κ1) is 40.0. The number of alkyl carbamates (subject to hydrolysis) is 1. The Hall–Kier alpha value is -5.18. The first-order valence-electron chi connectivity index (χ1n) is 19.6. The maximum Gasteiger partial charge on any atom is 0.407 e. The van der Waals surface area contributed by atoms with Gasteiger partial charge in [0.1, 0.15) is 35.2 Å². The van der Waals surface area contributed by atoms with Crippen LogP contribution in [0.15, 0.2) is 61.2 Å². The van der Waals surface area contributed by atoms with Crippen molar-refractivity contribution >= 4 is 44.7 Å². The lowest BCUT2D eigenvalue weighted by Crippen LogP contribution is -2.60. The van der Waals surface area contributed by atoms with E-state index in [-0.39, 0.29) is 26.0 Å². The highest BCUT2D eigenvalue weighted by molar-refractivity contribution is 7.91. The van der Waals surface area contributed by atoms with Crippen molar-refractivity contribution in [3.63, 3.8) is 0 Å². The Morgan fingerprint density at radius 2 is 1.84 bits per heavy atom. The summed E-state index contributed by atoms with van der Waals surface area (Å²) < 4.78 is 45.9. The number of cyclic esters (lactones) is 1. The number of carbonyl (C=O) groups is 4. The summed E-state index contributed by atoms with van der Waals surface area (Å²) in [6.45, 7) is 9.33. The second-order valence-corrected chi connectivity index (χ2v) is 18.6. The van der Waals surface area contributed by atoms with Gasteiger partial charge in [-0.3, -0.25) is 19.1 Å². The smallest absolute Gasteiger partial charge is 0.407 e.